The zero-order valence-electron chi connectivity index (χ0n) is 14.9. The second-order valence-electron chi connectivity index (χ2n) is 6.64. The summed E-state index contributed by atoms with van der Waals surface area (Å²) < 4.78 is 10.7. The lowest BCUT2D eigenvalue weighted by atomic mass is 9.83. The lowest BCUT2D eigenvalue weighted by Crippen LogP contribution is -2.34. The van der Waals surface area contributed by atoms with E-state index in [0.29, 0.717) is 5.56 Å². The van der Waals surface area contributed by atoms with Gasteiger partial charge in [0.25, 0.3) is 0 Å². The Labute approximate surface area is 159 Å². The molecule has 0 amide bonds. The van der Waals surface area contributed by atoms with Crippen molar-refractivity contribution >= 4 is 16.7 Å². The Morgan fingerprint density at radius 2 is 1.71 bits per heavy atom. The number of benzene rings is 2. The summed E-state index contributed by atoms with van der Waals surface area (Å²) in [5, 5.41) is 42.7. The Kier molecular flexibility index (Phi) is 4.33. The van der Waals surface area contributed by atoms with Gasteiger partial charge in [-0.05, 0) is 31.2 Å². The van der Waals surface area contributed by atoms with Gasteiger partial charge in [0.15, 0.2) is 0 Å². The maximum absolute atomic E-state index is 12.6. The van der Waals surface area contributed by atoms with Gasteiger partial charge in [-0.15, -0.1) is 0 Å². The summed E-state index contributed by atoms with van der Waals surface area (Å²) in [6, 6.07) is 12.9. The van der Waals surface area contributed by atoms with Crippen LogP contribution in [0, 0.1) is 0 Å². The molecule has 0 bridgehead atoms. The third kappa shape index (κ3) is 2.72. The predicted octanol–water partition coefficient (Wildman–Crippen LogP) is 2.64. The molecule has 0 radical (unpaired) electrons. The first kappa shape index (κ1) is 18.1. The van der Waals surface area contributed by atoms with Gasteiger partial charge in [-0.25, -0.2) is 4.79 Å². The van der Waals surface area contributed by atoms with E-state index in [1.165, 1.54) is 13.0 Å². The Morgan fingerprint density at radius 3 is 2.46 bits per heavy atom. The molecule has 4 N–H and O–H groups in total. The standard InChI is InChI=1S/C21H18O7/c1-10(22)15(16-18(23)11-6-2-4-8-13(11)27-20(16)25)17-19(24)12-7-3-5-9-14(12)28-21(17)26/h2-10,15,20,22-25H,1H3. The summed E-state index contributed by atoms with van der Waals surface area (Å²) in [6.07, 6.45) is -2.88. The van der Waals surface area contributed by atoms with E-state index in [1.807, 2.05) is 0 Å². The van der Waals surface area contributed by atoms with E-state index >= 15 is 0 Å². The van der Waals surface area contributed by atoms with Crippen molar-refractivity contribution in [1.82, 2.24) is 0 Å². The van der Waals surface area contributed by atoms with Crippen molar-refractivity contribution in [3.8, 4) is 11.5 Å². The minimum absolute atomic E-state index is 0.133. The minimum atomic E-state index is -1.63. The van der Waals surface area contributed by atoms with Crippen molar-refractivity contribution in [3.05, 3.63) is 75.7 Å². The van der Waals surface area contributed by atoms with Crippen LogP contribution in [0.3, 0.4) is 0 Å². The predicted molar refractivity (Wildman–Crippen MR) is 101 cm³/mol. The summed E-state index contributed by atoms with van der Waals surface area (Å²) in [4.78, 5) is 12.6. The number of rotatable bonds is 3. The molecule has 0 saturated heterocycles. The summed E-state index contributed by atoms with van der Waals surface area (Å²) in [6.45, 7) is 1.38. The molecular weight excluding hydrogens is 364 g/mol. The molecule has 2 aromatic carbocycles. The Balaban J connectivity index is 2.00. The molecule has 3 atom stereocenters. The van der Waals surface area contributed by atoms with Crippen molar-refractivity contribution in [2.45, 2.75) is 25.2 Å². The molecule has 1 aliphatic rings. The van der Waals surface area contributed by atoms with Gasteiger partial charge in [0.1, 0.15) is 22.8 Å². The Bertz CT molecular complexity index is 1140. The average molecular weight is 382 g/mol. The second-order valence-corrected chi connectivity index (χ2v) is 6.64. The molecule has 3 aromatic rings. The van der Waals surface area contributed by atoms with Crippen molar-refractivity contribution in [1.29, 1.82) is 0 Å². The summed E-state index contributed by atoms with van der Waals surface area (Å²) >= 11 is 0. The number of para-hydroxylation sites is 2. The summed E-state index contributed by atoms with van der Waals surface area (Å²) in [5.74, 6) is -1.71. The topological polar surface area (TPSA) is 120 Å². The molecule has 28 heavy (non-hydrogen) atoms. The molecule has 7 heteroatoms. The van der Waals surface area contributed by atoms with Gasteiger partial charge in [-0.2, -0.15) is 0 Å². The fraction of sp³-hybridized carbons (Fsp3) is 0.190. The fourth-order valence-electron chi connectivity index (χ4n) is 3.60. The second kappa shape index (κ2) is 6.70. The molecule has 144 valence electrons. The van der Waals surface area contributed by atoms with Crippen LogP contribution in [0.2, 0.25) is 0 Å². The number of aromatic hydroxyl groups is 1. The van der Waals surface area contributed by atoms with Crippen molar-refractivity contribution in [2.75, 3.05) is 0 Å². The van der Waals surface area contributed by atoms with E-state index in [4.69, 9.17) is 9.15 Å². The number of hydrogen-bond acceptors (Lipinski definition) is 7. The monoisotopic (exact) mass is 382 g/mol. The van der Waals surface area contributed by atoms with E-state index in [2.05, 4.69) is 0 Å². The molecule has 3 unspecified atom stereocenters. The molecule has 0 spiro atoms. The van der Waals surface area contributed by atoms with Crippen molar-refractivity contribution in [2.24, 2.45) is 0 Å². The van der Waals surface area contributed by atoms with Crippen LogP contribution < -0.4 is 10.4 Å². The van der Waals surface area contributed by atoms with Crippen LogP contribution in [-0.2, 0) is 0 Å². The summed E-state index contributed by atoms with van der Waals surface area (Å²) in [7, 11) is 0. The molecule has 2 heterocycles. The van der Waals surface area contributed by atoms with E-state index in [-0.39, 0.29) is 39.4 Å². The van der Waals surface area contributed by atoms with Crippen LogP contribution in [0.4, 0.5) is 0 Å². The maximum atomic E-state index is 12.6. The van der Waals surface area contributed by atoms with Gasteiger partial charge in [-0.1, -0.05) is 24.3 Å². The van der Waals surface area contributed by atoms with Crippen LogP contribution in [0.1, 0.15) is 24.0 Å². The number of hydrogen-bond donors (Lipinski definition) is 4. The Hall–Kier alpha value is -3.29. The molecule has 1 aromatic heterocycles. The normalized spacial score (nSPS) is 18.5. The van der Waals surface area contributed by atoms with Crippen LogP contribution >= 0.6 is 0 Å². The molecule has 7 nitrogen and oxygen atoms in total. The highest BCUT2D eigenvalue weighted by atomic mass is 16.6. The number of aliphatic hydroxyl groups is 3. The smallest absolute Gasteiger partial charge is 0.343 e. The average Bonchev–Trinajstić information content (AvgIpc) is 2.66. The number of ether oxygens (including phenoxy) is 1. The quantitative estimate of drug-likeness (QED) is 0.514. The molecule has 0 fully saturated rings. The third-order valence-electron chi connectivity index (χ3n) is 4.87. The van der Waals surface area contributed by atoms with E-state index in [1.54, 1.807) is 42.5 Å². The van der Waals surface area contributed by atoms with E-state index in [9.17, 15) is 25.2 Å². The number of aliphatic hydroxyl groups excluding tert-OH is 3. The third-order valence-corrected chi connectivity index (χ3v) is 4.87. The zero-order valence-corrected chi connectivity index (χ0v) is 14.9. The molecule has 0 aliphatic carbocycles. The highest BCUT2D eigenvalue weighted by Gasteiger charge is 2.39. The van der Waals surface area contributed by atoms with Gasteiger partial charge in [0.05, 0.1) is 34.1 Å². The van der Waals surface area contributed by atoms with Gasteiger partial charge in [0.2, 0.25) is 6.29 Å². The van der Waals surface area contributed by atoms with Crippen LogP contribution in [0.15, 0.2) is 63.3 Å². The molecule has 4 rings (SSSR count). The highest BCUT2D eigenvalue weighted by molar-refractivity contribution is 5.84. The Morgan fingerprint density at radius 1 is 1.04 bits per heavy atom. The first-order valence-electron chi connectivity index (χ1n) is 8.70. The molecular formula is C21H18O7. The lowest BCUT2D eigenvalue weighted by Gasteiger charge is -2.31. The fourth-order valence-corrected chi connectivity index (χ4v) is 3.60. The summed E-state index contributed by atoms with van der Waals surface area (Å²) in [5.41, 5.74) is -0.794. The van der Waals surface area contributed by atoms with Crippen LogP contribution in [0.25, 0.3) is 16.7 Å². The molecule has 0 saturated carbocycles. The molecule has 1 aliphatic heterocycles. The van der Waals surface area contributed by atoms with E-state index < -0.39 is 23.9 Å². The van der Waals surface area contributed by atoms with Gasteiger partial charge in [-0.3, -0.25) is 0 Å². The number of fused-ring (bicyclic) bond motifs is 2. The van der Waals surface area contributed by atoms with Gasteiger partial charge >= 0.3 is 5.63 Å². The minimum Gasteiger partial charge on any atom is -0.507 e. The van der Waals surface area contributed by atoms with Gasteiger partial charge < -0.3 is 29.6 Å². The SMILES string of the molecule is CC(O)C(C1=C(O)c2ccccc2OC1O)c1c(O)c2ccccc2oc1=O. The first-order chi connectivity index (χ1) is 13.4. The van der Waals surface area contributed by atoms with Crippen LogP contribution in [0.5, 0.6) is 11.5 Å². The zero-order chi connectivity index (χ0) is 20.0. The van der Waals surface area contributed by atoms with Crippen molar-refractivity contribution in [3.63, 3.8) is 0 Å². The van der Waals surface area contributed by atoms with Crippen LogP contribution in [-0.4, -0.2) is 32.8 Å². The lowest BCUT2D eigenvalue weighted by molar-refractivity contribution is -0.00127. The highest BCUT2D eigenvalue weighted by Crippen LogP contribution is 2.43. The van der Waals surface area contributed by atoms with Crippen molar-refractivity contribution < 1.29 is 29.6 Å². The first-order valence-corrected chi connectivity index (χ1v) is 8.70. The van der Waals surface area contributed by atoms with E-state index in [0.717, 1.165) is 0 Å². The largest absolute Gasteiger partial charge is 0.507 e. The maximum Gasteiger partial charge on any atom is 0.343 e. The van der Waals surface area contributed by atoms with Gasteiger partial charge in [0, 0.05) is 0 Å².